The molecule has 3 rings (SSSR count). The first-order valence-electron chi connectivity index (χ1n) is 7.64. The average Bonchev–Trinajstić information content (AvgIpc) is 2.60. The molecule has 1 N–H and O–H groups in total. The summed E-state index contributed by atoms with van der Waals surface area (Å²) < 4.78 is 1.44. The molecule has 7 heteroatoms. The summed E-state index contributed by atoms with van der Waals surface area (Å²) in [7, 11) is 0. The molecule has 0 saturated carbocycles. The minimum Gasteiger partial charge on any atom is -0.322 e. The molecule has 0 unspecified atom stereocenters. The molecule has 0 aliphatic rings. The maximum absolute atomic E-state index is 12.6. The molecular formula is C19H13Cl3N2O2. The largest absolute Gasteiger partial charge is 0.322 e. The number of nitrogens with zero attached hydrogens (tertiary/aromatic N) is 1. The fourth-order valence-electron chi connectivity index (χ4n) is 2.43. The third kappa shape index (κ3) is 4.28. The molecule has 2 aromatic carbocycles. The van der Waals surface area contributed by atoms with Gasteiger partial charge in [0, 0.05) is 16.9 Å². The maximum atomic E-state index is 12.6. The van der Waals surface area contributed by atoms with E-state index in [9.17, 15) is 9.59 Å². The summed E-state index contributed by atoms with van der Waals surface area (Å²) in [6.07, 6.45) is 1.61. The van der Waals surface area contributed by atoms with E-state index in [-0.39, 0.29) is 12.1 Å². The molecule has 0 atom stereocenters. The van der Waals surface area contributed by atoms with Crippen LogP contribution < -0.4 is 10.9 Å². The van der Waals surface area contributed by atoms with Crippen LogP contribution in [-0.2, 0) is 6.54 Å². The van der Waals surface area contributed by atoms with Crippen LogP contribution in [-0.4, -0.2) is 10.5 Å². The second-order valence-electron chi connectivity index (χ2n) is 5.57. The monoisotopic (exact) mass is 406 g/mol. The minimum atomic E-state index is -0.499. The SMILES string of the molecule is O=C(Nc1cccc(Cl)c1)c1cccn(Cc2ccc(Cl)c(Cl)c2)c1=O. The van der Waals surface area contributed by atoms with E-state index in [1.54, 1.807) is 54.7 Å². The molecule has 0 aliphatic heterocycles. The molecule has 0 aliphatic carbocycles. The Balaban J connectivity index is 1.85. The number of carbonyl (C=O) groups is 1. The van der Waals surface area contributed by atoms with E-state index in [1.807, 2.05) is 0 Å². The van der Waals surface area contributed by atoms with Crippen molar-refractivity contribution in [1.82, 2.24) is 4.57 Å². The predicted molar refractivity (Wildman–Crippen MR) is 106 cm³/mol. The van der Waals surface area contributed by atoms with E-state index in [2.05, 4.69) is 5.32 Å². The highest BCUT2D eigenvalue weighted by atomic mass is 35.5. The zero-order valence-corrected chi connectivity index (χ0v) is 15.6. The van der Waals surface area contributed by atoms with Crippen LogP contribution >= 0.6 is 34.8 Å². The van der Waals surface area contributed by atoms with E-state index in [1.165, 1.54) is 10.6 Å². The summed E-state index contributed by atoms with van der Waals surface area (Å²) in [5.41, 5.74) is 0.946. The van der Waals surface area contributed by atoms with Crippen molar-refractivity contribution in [2.24, 2.45) is 0 Å². The molecule has 26 heavy (non-hydrogen) atoms. The van der Waals surface area contributed by atoms with Gasteiger partial charge in [-0.15, -0.1) is 0 Å². The number of nitrogens with one attached hydrogen (secondary N) is 1. The first kappa shape index (κ1) is 18.5. The van der Waals surface area contributed by atoms with Gasteiger partial charge in [-0.2, -0.15) is 0 Å². The number of amides is 1. The van der Waals surface area contributed by atoms with Crippen molar-refractivity contribution < 1.29 is 4.79 Å². The molecule has 3 aromatic rings. The van der Waals surface area contributed by atoms with Crippen LogP contribution in [0.5, 0.6) is 0 Å². The van der Waals surface area contributed by atoms with Gasteiger partial charge < -0.3 is 9.88 Å². The van der Waals surface area contributed by atoms with Crippen molar-refractivity contribution in [2.45, 2.75) is 6.54 Å². The van der Waals surface area contributed by atoms with Crippen LogP contribution in [0.2, 0.25) is 15.1 Å². The summed E-state index contributed by atoms with van der Waals surface area (Å²) in [4.78, 5) is 25.1. The first-order chi connectivity index (χ1) is 12.4. The predicted octanol–water partition coefficient (Wildman–Crippen LogP) is 5.11. The Kier molecular flexibility index (Phi) is 5.67. The maximum Gasteiger partial charge on any atom is 0.263 e. The molecule has 1 heterocycles. The Morgan fingerprint density at radius 1 is 0.962 bits per heavy atom. The lowest BCUT2D eigenvalue weighted by atomic mass is 10.2. The molecule has 1 aromatic heterocycles. The smallest absolute Gasteiger partial charge is 0.263 e. The normalized spacial score (nSPS) is 10.6. The first-order valence-corrected chi connectivity index (χ1v) is 8.78. The highest BCUT2D eigenvalue weighted by Gasteiger charge is 2.13. The van der Waals surface area contributed by atoms with Crippen LogP contribution in [0.3, 0.4) is 0 Å². The van der Waals surface area contributed by atoms with E-state index >= 15 is 0 Å². The molecule has 0 spiro atoms. The van der Waals surface area contributed by atoms with Gasteiger partial charge in [-0.3, -0.25) is 9.59 Å². The van der Waals surface area contributed by atoms with E-state index < -0.39 is 11.5 Å². The van der Waals surface area contributed by atoms with Gasteiger partial charge in [0.2, 0.25) is 0 Å². The van der Waals surface area contributed by atoms with Gasteiger partial charge in [0.25, 0.3) is 11.5 Å². The second-order valence-corrected chi connectivity index (χ2v) is 6.82. The van der Waals surface area contributed by atoms with Crippen molar-refractivity contribution in [1.29, 1.82) is 0 Å². The van der Waals surface area contributed by atoms with Crippen LogP contribution in [0, 0.1) is 0 Å². The van der Waals surface area contributed by atoms with Gasteiger partial charge >= 0.3 is 0 Å². The topological polar surface area (TPSA) is 51.1 Å². The number of aromatic nitrogens is 1. The number of carbonyl (C=O) groups excluding carboxylic acids is 1. The van der Waals surface area contributed by atoms with Crippen LogP contribution in [0.4, 0.5) is 5.69 Å². The Labute approximate surface area is 164 Å². The summed E-state index contributed by atoms with van der Waals surface area (Å²) >= 11 is 17.8. The lowest BCUT2D eigenvalue weighted by Gasteiger charge is -2.10. The number of halogens is 3. The highest BCUT2D eigenvalue weighted by Crippen LogP contribution is 2.22. The van der Waals surface area contributed by atoms with Gasteiger partial charge in [0.05, 0.1) is 16.6 Å². The molecule has 4 nitrogen and oxygen atoms in total. The number of pyridine rings is 1. The van der Waals surface area contributed by atoms with Crippen molar-refractivity contribution in [3.8, 4) is 0 Å². The number of hydrogen-bond donors (Lipinski definition) is 1. The van der Waals surface area contributed by atoms with Crippen molar-refractivity contribution in [3.63, 3.8) is 0 Å². The summed E-state index contributed by atoms with van der Waals surface area (Å²) in [5, 5.41) is 4.02. The lowest BCUT2D eigenvalue weighted by molar-refractivity contribution is 0.102. The standard InChI is InChI=1S/C19H13Cl3N2O2/c20-13-3-1-4-14(10-13)23-18(25)15-5-2-8-24(19(15)26)11-12-6-7-16(21)17(22)9-12/h1-10H,11H2,(H,23,25). The average molecular weight is 408 g/mol. The zero-order chi connectivity index (χ0) is 18.7. The number of hydrogen-bond acceptors (Lipinski definition) is 2. The van der Waals surface area contributed by atoms with Crippen LogP contribution in [0.1, 0.15) is 15.9 Å². The van der Waals surface area contributed by atoms with Crippen molar-refractivity contribution >= 4 is 46.4 Å². The number of anilines is 1. The third-order valence-corrected chi connectivity index (χ3v) is 4.66. The van der Waals surface area contributed by atoms with Crippen LogP contribution in [0.15, 0.2) is 65.6 Å². The highest BCUT2D eigenvalue weighted by molar-refractivity contribution is 6.42. The Hall–Kier alpha value is -2.27. The van der Waals surface area contributed by atoms with E-state index in [4.69, 9.17) is 34.8 Å². The molecule has 0 radical (unpaired) electrons. The van der Waals surface area contributed by atoms with Gasteiger partial charge in [-0.25, -0.2) is 0 Å². The van der Waals surface area contributed by atoms with E-state index in [0.717, 1.165) is 5.56 Å². The quantitative estimate of drug-likeness (QED) is 0.653. The molecule has 1 amide bonds. The minimum absolute atomic E-state index is 0.0348. The lowest BCUT2D eigenvalue weighted by Crippen LogP contribution is -2.29. The number of rotatable bonds is 4. The molecule has 132 valence electrons. The van der Waals surface area contributed by atoms with Crippen LogP contribution in [0.25, 0.3) is 0 Å². The Bertz CT molecular complexity index is 1030. The van der Waals surface area contributed by atoms with Gasteiger partial charge in [0.15, 0.2) is 0 Å². The van der Waals surface area contributed by atoms with Gasteiger partial charge in [0.1, 0.15) is 5.56 Å². The zero-order valence-electron chi connectivity index (χ0n) is 13.4. The van der Waals surface area contributed by atoms with Crippen molar-refractivity contribution in [2.75, 3.05) is 5.32 Å². The molecular weight excluding hydrogens is 395 g/mol. The Morgan fingerprint density at radius 3 is 2.50 bits per heavy atom. The summed E-state index contributed by atoms with van der Waals surface area (Å²) in [5.74, 6) is -0.499. The van der Waals surface area contributed by atoms with Gasteiger partial charge in [-0.1, -0.05) is 46.9 Å². The fourth-order valence-corrected chi connectivity index (χ4v) is 2.94. The molecule has 0 bridgehead atoms. The second kappa shape index (κ2) is 7.96. The van der Waals surface area contributed by atoms with Crippen molar-refractivity contribution in [3.05, 3.63) is 97.3 Å². The third-order valence-electron chi connectivity index (χ3n) is 3.68. The molecule has 0 fully saturated rings. The number of benzene rings is 2. The fraction of sp³-hybridized carbons (Fsp3) is 0.0526. The van der Waals surface area contributed by atoms with E-state index in [0.29, 0.717) is 20.8 Å². The summed E-state index contributed by atoms with van der Waals surface area (Å²) in [6, 6.07) is 15.0. The molecule has 0 saturated heterocycles. The Morgan fingerprint density at radius 2 is 1.77 bits per heavy atom. The summed E-state index contributed by atoms with van der Waals surface area (Å²) in [6.45, 7) is 0.272. The van der Waals surface area contributed by atoms with Gasteiger partial charge in [-0.05, 0) is 48.0 Å².